The predicted octanol–water partition coefficient (Wildman–Crippen LogP) is 2.42. The number of halogens is 1. The van der Waals surface area contributed by atoms with Crippen molar-refractivity contribution >= 4 is 33.2 Å². The molecule has 3 rings (SSSR count). The average Bonchev–Trinajstić information content (AvgIpc) is 2.88. The van der Waals surface area contributed by atoms with Crippen LogP contribution >= 0.6 is 11.6 Å². The maximum absolute atomic E-state index is 12.4. The van der Waals surface area contributed by atoms with E-state index < -0.39 is 16.1 Å². The first-order valence-electron chi connectivity index (χ1n) is 7.09. The smallest absolute Gasteiger partial charge is 0.240 e. The lowest BCUT2D eigenvalue weighted by Gasteiger charge is -2.17. The van der Waals surface area contributed by atoms with Crippen LogP contribution in [0.1, 0.15) is 6.42 Å². The number of carbonyl (C=O) groups is 1. The van der Waals surface area contributed by atoms with Gasteiger partial charge in [0.15, 0.2) is 0 Å². The predicted molar refractivity (Wildman–Crippen MR) is 89.0 cm³/mol. The van der Waals surface area contributed by atoms with Crippen LogP contribution in [0.2, 0.25) is 5.02 Å². The first kappa shape index (κ1) is 16.0. The lowest BCUT2D eigenvalue weighted by Crippen LogP contribution is -2.37. The lowest BCUT2D eigenvalue weighted by atomic mass is 10.3. The molecule has 7 heteroatoms. The summed E-state index contributed by atoms with van der Waals surface area (Å²) in [4.78, 5) is 13.9. The number of carbonyl (C=O) groups excluding carboxylic acids is 1. The van der Waals surface area contributed by atoms with E-state index in [1.165, 1.54) is 24.3 Å². The molecule has 5 nitrogen and oxygen atoms in total. The van der Waals surface area contributed by atoms with Crippen LogP contribution in [-0.2, 0) is 14.8 Å². The molecule has 1 fully saturated rings. The fourth-order valence-electron chi connectivity index (χ4n) is 2.55. The van der Waals surface area contributed by atoms with Gasteiger partial charge in [-0.1, -0.05) is 29.8 Å². The van der Waals surface area contributed by atoms with Gasteiger partial charge in [-0.15, -0.1) is 0 Å². The molecular formula is C16H15ClN2O3S. The van der Waals surface area contributed by atoms with E-state index in [0.29, 0.717) is 11.6 Å². The summed E-state index contributed by atoms with van der Waals surface area (Å²) in [7, 11) is -3.68. The van der Waals surface area contributed by atoms with Gasteiger partial charge in [0.1, 0.15) is 0 Å². The molecule has 0 aliphatic carbocycles. The Balaban J connectivity index is 1.74. The van der Waals surface area contributed by atoms with Crippen molar-refractivity contribution in [2.75, 3.05) is 11.4 Å². The van der Waals surface area contributed by atoms with E-state index in [4.69, 9.17) is 11.6 Å². The van der Waals surface area contributed by atoms with E-state index in [1.54, 1.807) is 4.90 Å². The summed E-state index contributed by atoms with van der Waals surface area (Å²) in [5.41, 5.74) is 0.769. The monoisotopic (exact) mass is 350 g/mol. The largest absolute Gasteiger partial charge is 0.311 e. The second-order valence-corrected chi connectivity index (χ2v) is 7.47. The standard InChI is InChI=1S/C16H15ClN2O3S/c17-12-6-8-15(9-7-12)23(21,22)18-13-10-16(20)19(11-13)14-4-2-1-3-5-14/h1-9,13,18H,10-11H2. The molecule has 23 heavy (non-hydrogen) atoms. The van der Waals surface area contributed by atoms with E-state index >= 15 is 0 Å². The fourth-order valence-corrected chi connectivity index (χ4v) is 3.90. The summed E-state index contributed by atoms with van der Waals surface area (Å²) in [6.45, 7) is 0.315. The Morgan fingerprint density at radius 1 is 1.04 bits per heavy atom. The Morgan fingerprint density at radius 2 is 1.70 bits per heavy atom. The molecule has 0 spiro atoms. The zero-order valence-electron chi connectivity index (χ0n) is 12.1. The normalized spacial score (nSPS) is 18.4. The zero-order valence-corrected chi connectivity index (χ0v) is 13.7. The third-order valence-corrected chi connectivity index (χ3v) is 5.43. The van der Waals surface area contributed by atoms with E-state index in [1.807, 2.05) is 30.3 Å². The first-order chi connectivity index (χ1) is 11.0. The maximum Gasteiger partial charge on any atom is 0.240 e. The quantitative estimate of drug-likeness (QED) is 0.920. The summed E-state index contributed by atoms with van der Waals surface area (Å²) in [5.74, 6) is -0.0972. The number of nitrogens with one attached hydrogen (secondary N) is 1. The second-order valence-electron chi connectivity index (χ2n) is 5.32. The highest BCUT2D eigenvalue weighted by atomic mass is 35.5. The van der Waals surface area contributed by atoms with Crippen LogP contribution in [0.5, 0.6) is 0 Å². The minimum absolute atomic E-state index is 0.0972. The van der Waals surface area contributed by atoms with Crippen molar-refractivity contribution in [3.63, 3.8) is 0 Å². The van der Waals surface area contributed by atoms with Crippen molar-refractivity contribution in [3.05, 3.63) is 59.6 Å². The van der Waals surface area contributed by atoms with Crippen LogP contribution in [0.25, 0.3) is 0 Å². The van der Waals surface area contributed by atoms with Crippen LogP contribution in [0.4, 0.5) is 5.69 Å². The Hall–Kier alpha value is -1.89. The van der Waals surface area contributed by atoms with Gasteiger partial charge >= 0.3 is 0 Å². The molecule has 1 N–H and O–H groups in total. The van der Waals surface area contributed by atoms with Gasteiger partial charge in [-0.2, -0.15) is 0 Å². The number of anilines is 1. The van der Waals surface area contributed by atoms with Crippen molar-refractivity contribution in [2.24, 2.45) is 0 Å². The van der Waals surface area contributed by atoms with Gasteiger partial charge in [0.05, 0.1) is 4.90 Å². The van der Waals surface area contributed by atoms with Crippen molar-refractivity contribution in [1.82, 2.24) is 4.72 Å². The number of sulfonamides is 1. The van der Waals surface area contributed by atoms with Crippen LogP contribution in [0.15, 0.2) is 59.5 Å². The summed E-state index contributed by atoms with van der Waals surface area (Å²) >= 11 is 5.77. The molecule has 1 aliphatic heterocycles. The Labute approximate surface area is 139 Å². The van der Waals surface area contributed by atoms with E-state index in [0.717, 1.165) is 5.69 Å². The molecule has 0 aromatic heterocycles. The van der Waals surface area contributed by atoms with Gasteiger partial charge in [0, 0.05) is 29.7 Å². The third kappa shape index (κ3) is 3.55. The van der Waals surface area contributed by atoms with E-state index in [2.05, 4.69) is 4.72 Å². The SMILES string of the molecule is O=C1CC(NS(=O)(=O)c2ccc(Cl)cc2)CN1c1ccccc1. The minimum atomic E-state index is -3.68. The van der Waals surface area contributed by atoms with Crippen LogP contribution < -0.4 is 9.62 Å². The van der Waals surface area contributed by atoms with Gasteiger partial charge in [-0.3, -0.25) is 4.79 Å². The molecule has 120 valence electrons. The number of rotatable bonds is 4. The van der Waals surface area contributed by atoms with E-state index in [9.17, 15) is 13.2 Å². The maximum atomic E-state index is 12.4. The van der Waals surface area contributed by atoms with Gasteiger partial charge in [0.25, 0.3) is 0 Å². The third-order valence-electron chi connectivity index (χ3n) is 3.64. The number of amides is 1. The van der Waals surface area contributed by atoms with Crippen LogP contribution in [0.3, 0.4) is 0 Å². The number of nitrogens with zero attached hydrogens (tertiary/aromatic N) is 1. The molecule has 0 radical (unpaired) electrons. The molecule has 1 amide bonds. The van der Waals surface area contributed by atoms with Gasteiger partial charge < -0.3 is 4.90 Å². The highest BCUT2D eigenvalue weighted by Crippen LogP contribution is 2.22. The Bertz CT molecular complexity index is 807. The topological polar surface area (TPSA) is 66.5 Å². The van der Waals surface area contributed by atoms with Crippen LogP contribution in [-0.4, -0.2) is 26.9 Å². The summed E-state index contributed by atoms with van der Waals surface area (Å²) < 4.78 is 27.3. The molecule has 2 aromatic rings. The van der Waals surface area contributed by atoms with E-state index in [-0.39, 0.29) is 17.2 Å². The Morgan fingerprint density at radius 3 is 2.35 bits per heavy atom. The number of para-hydroxylation sites is 1. The minimum Gasteiger partial charge on any atom is -0.311 e. The van der Waals surface area contributed by atoms with Crippen molar-refractivity contribution in [1.29, 1.82) is 0 Å². The number of hydrogen-bond acceptors (Lipinski definition) is 3. The fraction of sp³-hybridized carbons (Fsp3) is 0.188. The second kappa shape index (κ2) is 6.31. The van der Waals surface area contributed by atoms with Crippen LogP contribution in [0, 0.1) is 0 Å². The molecule has 1 aliphatic rings. The van der Waals surface area contributed by atoms with Gasteiger partial charge in [-0.05, 0) is 36.4 Å². The lowest BCUT2D eigenvalue weighted by molar-refractivity contribution is -0.117. The van der Waals surface area contributed by atoms with Crippen molar-refractivity contribution in [2.45, 2.75) is 17.4 Å². The molecule has 1 saturated heterocycles. The molecule has 1 atom stereocenters. The molecule has 0 saturated carbocycles. The molecular weight excluding hydrogens is 336 g/mol. The van der Waals surface area contributed by atoms with Gasteiger partial charge in [-0.25, -0.2) is 13.1 Å². The zero-order chi connectivity index (χ0) is 16.4. The summed E-state index contributed by atoms with van der Waals surface area (Å²) in [6, 6.07) is 14.7. The van der Waals surface area contributed by atoms with Gasteiger partial charge in [0.2, 0.25) is 15.9 Å². The molecule has 1 unspecified atom stereocenters. The highest BCUT2D eigenvalue weighted by Gasteiger charge is 2.33. The number of benzene rings is 2. The molecule has 0 bridgehead atoms. The number of hydrogen-bond donors (Lipinski definition) is 1. The summed E-state index contributed by atoms with van der Waals surface area (Å²) in [5, 5.41) is 0.468. The Kier molecular flexibility index (Phi) is 4.39. The molecule has 2 aromatic carbocycles. The van der Waals surface area contributed by atoms with Crippen molar-refractivity contribution < 1.29 is 13.2 Å². The summed E-state index contributed by atoms with van der Waals surface area (Å²) in [6.07, 6.45) is 0.141. The van der Waals surface area contributed by atoms with Crippen molar-refractivity contribution in [3.8, 4) is 0 Å². The highest BCUT2D eigenvalue weighted by molar-refractivity contribution is 7.89. The average molecular weight is 351 g/mol. The first-order valence-corrected chi connectivity index (χ1v) is 8.95. The molecule has 1 heterocycles.